The van der Waals surface area contributed by atoms with Crippen LogP contribution in [0.25, 0.3) is 0 Å². The third-order valence-electron chi connectivity index (χ3n) is 4.10. The largest absolute Gasteiger partial charge is 0.467 e. The van der Waals surface area contributed by atoms with Crippen molar-refractivity contribution in [2.45, 2.75) is 50.5 Å². The van der Waals surface area contributed by atoms with Crippen LogP contribution in [-0.2, 0) is 19.0 Å². The highest BCUT2D eigenvalue weighted by atomic mass is 16.6. The summed E-state index contributed by atoms with van der Waals surface area (Å²) in [4.78, 5) is 11.4. The molecule has 104 valence electrons. The molecule has 0 amide bonds. The molecule has 0 bridgehead atoms. The minimum atomic E-state index is -0.681. The SMILES string of the molecule is COC(=O)C1(CCOCCC2CCCCC2)CO1. The molecule has 2 aliphatic rings. The molecule has 1 saturated heterocycles. The fourth-order valence-electron chi connectivity index (χ4n) is 2.70. The molecule has 0 radical (unpaired) electrons. The molecule has 0 aromatic rings. The molecule has 0 spiro atoms. The van der Waals surface area contributed by atoms with E-state index < -0.39 is 5.60 Å². The summed E-state index contributed by atoms with van der Waals surface area (Å²) in [5.41, 5.74) is -0.681. The minimum absolute atomic E-state index is 0.265. The topological polar surface area (TPSA) is 48.1 Å². The molecule has 18 heavy (non-hydrogen) atoms. The monoisotopic (exact) mass is 256 g/mol. The van der Waals surface area contributed by atoms with E-state index in [-0.39, 0.29) is 5.97 Å². The Balaban J connectivity index is 1.52. The summed E-state index contributed by atoms with van der Waals surface area (Å²) in [6.07, 6.45) is 8.65. The predicted octanol–water partition coefficient (Wildman–Crippen LogP) is 2.31. The summed E-state index contributed by atoms with van der Waals surface area (Å²) in [6.45, 7) is 1.87. The van der Waals surface area contributed by atoms with Gasteiger partial charge < -0.3 is 14.2 Å². The molecular weight excluding hydrogens is 232 g/mol. The average molecular weight is 256 g/mol. The van der Waals surface area contributed by atoms with Gasteiger partial charge >= 0.3 is 5.97 Å². The standard InChI is InChI=1S/C14H24O4/c1-16-13(15)14(11-18-14)8-10-17-9-7-12-5-3-2-4-6-12/h12H,2-11H2,1H3. The Labute approximate surface area is 109 Å². The van der Waals surface area contributed by atoms with Crippen molar-refractivity contribution >= 4 is 5.97 Å². The van der Waals surface area contributed by atoms with Gasteiger partial charge in [-0.3, -0.25) is 0 Å². The average Bonchev–Trinajstić information content (AvgIpc) is 3.20. The first-order chi connectivity index (χ1) is 8.77. The second-order valence-corrected chi connectivity index (χ2v) is 5.43. The molecule has 1 unspecified atom stereocenters. The molecule has 1 saturated carbocycles. The van der Waals surface area contributed by atoms with E-state index in [0.717, 1.165) is 18.9 Å². The van der Waals surface area contributed by atoms with Crippen molar-refractivity contribution in [2.75, 3.05) is 26.9 Å². The van der Waals surface area contributed by atoms with Crippen molar-refractivity contribution in [1.29, 1.82) is 0 Å². The molecule has 1 heterocycles. The zero-order valence-electron chi connectivity index (χ0n) is 11.3. The molecule has 2 rings (SSSR count). The van der Waals surface area contributed by atoms with Gasteiger partial charge in [0, 0.05) is 19.6 Å². The van der Waals surface area contributed by atoms with E-state index in [1.54, 1.807) is 0 Å². The number of carbonyl (C=O) groups is 1. The molecule has 0 aromatic carbocycles. The Morgan fingerprint density at radius 1 is 1.28 bits per heavy atom. The van der Waals surface area contributed by atoms with Crippen molar-refractivity contribution in [2.24, 2.45) is 5.92 Å². The van der Waals surface area contributed by atoms with Crippen LogP contribution < -0.4 is 0 Å². The first-order valence-electron chi connectivity index (χ1n) is 7.07. The zero-order valence-corrected chi connectivity index (χ0v) is 11.3. The number of methoxy groups -OCH3 is 1. The fourth-order valence-corrected chi connectivity index (χ4v) is 2.70. The third kappa shape index (κ3) is 3.69. The number of rotatable bonds is 7. The second kappa shape index (κ2) is 6.53. The maximum Gasteiger partial charge on any atom is 0.340 e. The third-order valence-corrected chi connectivity index (χ3v) is 4.10. The van der Waals surface area contributed by atoms with Crippen LogP contribution in [0.2, 0.25) is 0 Å². The highest BCUT2D eigenvalue weighted by Gasteiger charge is 2.53. The van der Waals surface area contributed by atoms with Crippen LogP contribution in [0.5, 0.6) is 0 Å². The zero-order chi connectivity index (χ0) is 12.8. The molecule has 4 heteroatoms. The first-order valence-corrected chi connectivity index (χ1v) is 7.07. The van der Waals surface area contributed by atoms with E-state index in [4.69, 9.17) is 14.2 Å². The minimum Gasteiger partial charge on any atom is -0.467 e. The quantitative estimate of drug-likeness (QED) is 0.398. The normalized spacial score (nSPS) is 28.1. The van der Waals surface area contributed by atoms with E-state index >= 15 is 0 Å². The molecule has 0 aromatic heterocycles. The van der Waals surface area contributed by atoms with E-state index in [1.807, 2.05) is 0 Å². The predicted molar refractivity (Wildman–Crippen MR) is 67.3 cm³/mol. The molecule has 1 atom stereocenters. The molecular formula is C14H24O4. The van der Waals surface area contributed by atoms with Crippen molar-refractivity contribution in [3.05, 3.63) is 0 Å². The first kappa shape index (κ1) is 13.8. The summed E-state index contributed by atoms with van der Waals surface area (Å²) in [5, 5.41) is 0. The lowest BCUT2D eigenvalue weighted by Gasteiger charge is -2.21. The van der Waals surface area contributed by atoms with Gasteiger partial charge in [-0.05, 0) is 12.3 Å². The van der Waals surface area contributed by atoms with Crippen LogP contribution in [0.4, 0.5) is 0 Å². The lowest BCUT2D eigenvalue weighted by molar-refractivity contribution is -0.147. The molecule has 0 N–H and O–H groups in total. The Morgan fingerprint density at radius 3 is 2.61 bits per heavy atom. The van der Waals surface area contributed by atoms with Crippen LogP contribution in [0, 0.1) is 5.92 Å². The smallest absolute Gasteiger partial charge is 0.340 e. The highest BCUT2D eigenvalue weighted by Crippen LogP contribution is 2.32. The van der Waals surface area contributed by atoms with Gasteiger partial charge in [0.05, 0.1) is 13.7 Å². The maximum absolute atomic E-state index is 11.4. The van der Waals surface area contributed by atoms with Crippen LogP contribution in [0.1, 0.15) is 44.9 Å². The lowest BCUT2D eigenvalue weighted by atomic mass is 9.87. The van der Waals surface area contributed by atoms with Crippen LogP contribution >= 0.6 is 0 Å². The van der Waals surface area contributed by atoms with E-state index in [1.165, 1.54) is 39.2 Å². The summed E-state index contributed by atoms with van der Waals surface area (Å²) in [7, 11) is 1.40. The van der Waals surface area contributed by atoms with Gasteiger partial charge in [-0.25, -0.2) is 4.79 Å². The van der Waals surface area contributed by atoms with E-state index in [0.29, 0.717) is 19.6 Å². The molecule has 1 aliphatic heterocycles. The van der Waals surface area contributed by atoms with Gasteiger partial charge in [0.1, 0.15) is 0 Å². The molecule has 1 aliphatic carbocycles. The summed E-state index contributed by atoms with van der Waals surface area (Å²) in [5.74, 6) is 0.587. The molecule has 4 nitrogen and oxygen atoms in total. The number of esters is 1. The van der Waals surface area contributed by atoms with E-state index in [2.05, 4.69) is 0 Å². The fraction of sp³-hybridized carbons (Fsp3) is 0.929. The Kier molecular flexibility index (Phi) is 5.01. The summed E-state index contributed by atoms with van der Waals surface area (Å²) >= 11 is 0. The second-order valence-electron chi connectivity index (χ2n) is 5.43. The van der Waals surface area contributed by atoms with Crippen molar-refractivity contribution in [1.82, 2.24) is 0 Å². The number of ether oxygens (including phenoxy) is 3. The van der Waals surface area contributed by atoms with Crippen molar-refractivity contribution in [3.63, 3.8) is 0 Å². The Bertz CT molecular complexity index is 267. The van der Waals surface area contributed by atoms with Crippen molar-refractivity contribution in [3.8, 4) is 0 Å². The van der Waals surface area contributed by atoms with Crippen LogP contribution in [0.15, 0.2) is 0 Å². The van der Waals surface area contributed by atoms with Crippen LogP contribution in [-0.4, -0.2) is 38.5 Å². The van der Waals surface area contributed by atoms with Gasteiger partial charge in [-0.15, -0.1) is 0 Å². The van der Waals surface area contributed by atoms with Crippen LogP contribution in [0.3, 0.4) is 0 Å². The summed E-state index contributed by atoms with van der Waals surface area (Å²) in [6, 6.07) is 0. The lowest BCUT2D eigenvalue weighted by Crippen LogP contribution is -2.27. The highest BCUT2D eigenvalue weighted by molar-refractivity contribution is 5.82. The Hall–Kier alpha value is -0.610. The summed E-state index contributed by atoms with van der Waals surface area (Å²) < 4.78 is 15.5. The number of hydrogen-bond acceptors (Lipinski definition) is 4. The van der Waals surface area contributed by atoms with Gasteiger partial charge in [0.2, 0.25) is 0 Å². The van der Waals surface area contributed by atoms with Crippen molar-refractivity contribution < 1.29 is 19.0 Å². The van der Waals surface area contributed by atoms with Gasteiger partial charge in [0.25, 0.3) is 0 Å². The number of hydrogen-bond donors (Lipinski definition) is 0. The van der Waals surface area contributed by atoms with Gasteiger partial charge in [-0.1, -0.05) is 32.1 Å². The maximum atomic E-state index is 11.4. The van der Waals surface area contributed by atoms with Gasteiger partial charge in [0.15, 0.2) is 5.60 Å². The number of carbonyl (C=O) groups excluding carboxylic acids is 1. The number of epoxide rings is 1. The molecule has 2 fully saturated rings. The Morgan fingerprint density at radius 2 is 2.00 bits per heavy atom. The van der Waals surface area contributed by atoms with Gasteiger partial charge in [-0.2, -0.15) is 0 Å². The van der Waals surface area contributed by atoms with E-state index in [9.17, 15) is 4.79 Å².